The second kappa shape index (κ2) is 4.20. The maximum absolute atomic E-state index is 12.2. The molecule has 0 unspecified atom stereocenters. The van der Waals surface area contributed by atoms with Gasteiger partial charge in [-0.05, 0) is 6.07 Å². The third-order valence-electron chi connectivity index (χ3n) is 1.65. The molecule has 14 heavy (non-hydrogen) atoms. The second-order valence-corrected chi connectivity index (χ2v) is 2.76. The first kappa shape index (κ1) is 10.7. The summed E-state index contributed by atoms with van der Waals surface area (Å²) in [5, 5.41) is 8.57. The van der Waals surface area contributed by atoms with Gasteiger partial charge in [0.05, 0.1) is 23.2 Å². The van der Waals surface area contributed by atoms with Crippen molar-refractivity contribution in [1.29, 1.82) is 5.26 Å². The molecule has 0 bridgehead atoms. The molecule has 0 aliphatic rings. The van der Waals surface area contributed by atoms with Gasteiger partial charge in [0.25, 0.3) is 12.0 Å². The Balaban J connectivity index is 3.41. The molecule has 1 N–H and O–H groups in total. The molecule has 1 rings (SSSR count). The molecule has 0 saturated heterocycles. The standard InChI is InChI=1S/C8H5ClF2N2O/c9-2-5-4(3-12)1-6(7(10)11)13-8(5)14/h1,7H,2H2,(H,13,14). The van der Waals surface area contributed by atoms with E-state index in [0.29, 0.717) is 0 Å². The summed E-state index contributed by atoms with van der Waals surface area (Å²) in [5.41, 5.74) is -1.41. The number of pyridine rings is 1. The molecule has 0 fully saturated rings. The summed E-state index contributed by atoms with van der Waals surface area (Å²) in [4.78, 5) is 13.1. The van der Waals surface area contributed by atoms with Crippen molar-refractivity contribution < 1.29 is 8.78 Å². The zero-order valence-corrected chi connectivity index (χ0v) is 7.61. The van der Waals surface area contributed by atoms with Crippen molar-refractivity contribution in [1.82, 2.24) is 4.98 Å². The Morgan fingerprint density at radius 2 is 2.29 bits per heavy atom. The van der Waals surface area contributed by atoms with Gasteiger partial charge in [-0.15, -0.1) is 11.6 Å². The number of rotatable bonds is 2. The lowest BCUT2D eigenvalue weighted by atomic mass is 10.1. The number of nitrogens with one attached hydrogen (secondary N) is 1. The van der Waals surface area contributed by atoms with Gasteiger partial charge >= 0.3 is 0 Å². The summed E-state index contributed by atoms with van der Waals surface area (Å²) >= 11 is 5.39. The Morgan fingerprint density at radius 3 is 2.71 bits per heavy atom. The Kier molecular flexibility index (Phi) is 3.20. The van der Waals surface area contributed by atoms with E-state index in [1.165, 1.54) is 0 Å². The van der Waals surface area contributed by atoms with Crippen molar-refractivity contribution >= 4 is 11.6 Å². The van der Waals surface area contributed by atoms with E-state index in [9.17, 15) is 13.6 Å². The smallest absolute Gasteiger partial charge is 0.278 e. The summed E-state index contributed by atoms with van der Waals surface area (Å²) in [7, 11) is 0. The molecule has 0 aliphatic carbocycles. The molecule has 1 aromatic heterocycles. The molecule has 0 amide bonds. The molecule has 6 heteroatoms. The third-order valence-corrected chi connectivity index (χ3v) is 1.91. The van der Waals surface area contributed by atoms with Gasteiger partial charge in [0.2, 0.25) is 0 Å². The number of H-pyrrole nitrogens is 1. The third kappa shape index (κ3) is 1.91. The topological polar surface area (TPSA) is 56.6 Å². The Morgan fingerprint density at radius 1 is 1.64 bits per heavy atom. The molecule has 0 radical (unpaired) electrons. The van der Waals surface area contributed by atoms with E-state index in [2.05, 4.69) is 0 Å². The molecule has 0 aromatic carbocycles. The van der Waals surface area contributed by atoms with Crippen LogP contribution in [0.15, 0.2) is 10.9 Å². The average molecular weight is 219 g/mol. The van der Waals surface area contributed by atoms with Crippen molar-refractivity contribution in [3.05, 3.63) is 33.2 Å². The maximum Gasteiger partial charge on any atom is 0.278 e. The number of alkyl halides is 3. The van der Waals surface area contributed by atoms with E-state index in [4.69, 9.17) is 16.9 Å². The van der Waals surface area contributed by atoms with Crippen LogP contribution >= 0.6 is 11.6 Å². The highest BCUT2D eigenvalue weighted by Gasteiger charge is 2.13. The van der Waals surface area contributed by atoms with E-state index in [-0.39, 0.29) is 17.0 Å². The van der Waals surface area contributed by atoms with E-state index < -0.39 is 17.7 Å². The van der Waals surface area contributed by atoms with Gasteiger partial charge in [0.15, 0.2) is 0 Å². The van der Waals surface area contributed by atoms with Crippen LogP contribution in [0.4, 0.5) is 8.78 Å². The molecule has 0 atom stereocenters. The normalized spacial score (nSPS) is 10.2. The van der Waals surface area contributed by atoms with Gasteiger partial charge in [0, 0.05) is 5.56 Å². The van der Waals surface area contributed by atoms with E-state index in [1.54, 1.807) is 6.07 Å². The molecule has 0 aliphatic heterocycles. The van der Waals surface area contributed by atoms with Crippen molar-refractivity contribution in [2.45, 2.75) is 12.3 Å². The van der Waals surface area contributed by atoms with Gasteiger partial charge in [-0.1, -0.05) is 0 Å². The number of hydrogen-bond acceptors (Lipinski definition) is 2. The quantitative estimate of drug-likeness (QED) is 0.771. The van der Waals surface area contributed by atoms with Gasteiger partial charge in [-0.25, -0.2) is 8.78 Å². The predicted octanol–water partition coefficient (Wildman–Crippen LogP) is 1.92. The average Bonchev–Trinajstić information content (AvgIpc) is 2.16. The van der Waals surface area contributed by atoms with Gasteiger partial charge in [-0.2, -0.15) is 5.26 Å². The largest absolute Gasteiger partial charge is 0.321 e. The Hall–Kier alpha value is -1.41. The van der Waals surface area contributed by atoms with Crippen LogP contribution < -0.4 is 5.56 Å². The lowest BCUT2D eigenvalue weighted by Gasteiger charge is -2.02. The zero-order valence-electron chi connectivity index (χ0n) is 6.85. The van der Waals surface area contributed by atoms with Crippen LogP contribution in [0.5, 0.6) is 0 Å². The Labute approximate surface area is 82.9 Å². The predicted molar refractivity (Wildman–Crippen MR) is 46.3 cm³/mol. The first-order valence-electron chi connectivity index (χ1n) is 3.60. The summed E-state index contributed by atoms with van der Waals surface area (Å²) in [5.74, 6) is -0.179. The number of aromatic nitrogens is 1. The van der Waals surface area contributed by atoms with Crippen molar-refractivity contribution in [3.8, 4) is 6.07 Å². The van der Waals surface area contributed by atoms with Gasteiger partial charge < -0.3 is 4.98 Å². The van der Waals surface area contributed by atoms with Crippen LogP contribution in [0.3, 0.4) is 0 Å². The fraction of sp³-hybridized carbons (Fsp3) is 0.250. The van der Waals surface area contributed by atoms with Crippen LogP contribution in [0.25, 0.3) is 0 Å². The van der Waals surface area contributed by atoms with Crippen LogP contribution in [0.2, 0.25) is 0 Å². The summed E-state index contributed by atoms with van der Waals surface area (Å²) in [6.45, 7) is 0. The molecule has 1 aromatic rings. The number of aromatic amines is 1. The minimum atomic E-state index is -2.81. The highest BCUT2D eigenvalue weighted by atomic mass is 35.5. The second-order valence-electron chi connectivity index (χ2n) is 2.49. The minimum absolute atomic E-state index is 0.0126. The molecule has 0 spiro atoms. The first-order valence-corrected chi connectivity index (χ1v) is 4.14. The monoisotopic (exact) mass is 218 g/mol. The number of nitriles is 1. The summed E-state index contributed by atoms with van der Waals surface area (Å²) in [6, 6.07) is 2.58. The number of halogens is 3. The van der Waals surface area contributed by atoms with Gasteiger partial charge in [0.1, 0.15) is 0 Å². The van der Waals surface area contributed by atoms with E-state index >= 15 is 0 Å². The molecule has 74 valence electrons. The van der Waals surface area contributed by atoms with Crippen LogP contribution in [-0.2, 0) is 5.88 Å². The maximum atomic E-state index is 12.2. The minimum Gasteiger partial charge on any atom is -0.321 e. The lowest BCUT2D eigenvalue weighted by Crippen LogP contribution is -2.16. The Bertz CT molecular complexity index is 436. The summed E-state index contributed by atoms with van der Waals surface area (Å²) < 4.78 is 24.4. The fourth-order valence-electron chi connectivity index (χ4n) is 0.958. The van der Waals surface area contributed by atoms with Crippen LogP contribution in [0, 0.1) is 11.3 Å². The van der Waals surface area contributed by atoms with E-state index in [1.807, 2.05) is 4.98 Å². The fourth-order valence-corrected chi connectivity index (χ4v) is 1.22. The number of hydrogen-bond donors (Lipinski definition) is 1. The number of nitrogens with zero attached hydrogens (tertiary/aromatic N) is 1. The van der Waals surface area contributed by atoms with Crippen molar-refractivity contribution in [2.24, 2.45) is 0 Å². The van der Waals surface area contributed by atoms with Crippen LogP contribution in [0.1, 0.15) is 23.2 Å². The molecular weight excluding hydrogens is 214 g/mol. The lowest BCUT2D eigenvalue weighted by molar-refractivity contribution is 0.145. The van der Waals surface area contributed by atoms with Crippen LogP contribution in [-0.4, -0.2) is 4.98 Å². The zero-order chi connectivity index (χ0) is 10.7. The van der Waals surface area contributed by atoms with Crippen molar-refractivity contribution in [2.75, 3.05) is 0 Å². The molecular formula is C8H5ClF2N2O. The molecule has 1 heterocycles. The highest BCUT2D eigenvalue weighted by molar-refractivity contribution is 6.17. The van der Waals surface area contributed by atoms with Gasteiger partial charge in [-0.3, -0.25) is 4.79 Å². The highest BCUT2D eigenvalue weighted by Crippen LogP contribution is 2.17. The summed E-state index contributed by atoms with van der Waals surface area (Å²) in [6.07, 6.45) is -2.81. The molecule has 0 saturated carbocycles. The van der Waals surface area contributed by atoms with Crippen molar-refractivity contribution in [3.63, 3.8) is 0 Å². The first-order chi connectivity index (χ1) is 6.60. The molecule has 3 nitrogen and oxygen atoms in total. The van der Waals surface area contributed by atoms with E-state index in [0.717, 1.165) is 6.07 Å². The SMILES string of the molecule is N#Cc1cc(C(F)F)[nH]c(=O)c1CCl.